The van der Waals surface area contributed by atoms with Gasteiger partial charge in [0.15, 0.2) is 5.82 Å². The molecular weight excluding hydrogens is 220 g/mol. The standard InChI is InChI=1S/C9H7ClN2OS/c1-5-4-6(10)2-3-7(5)8-11-9(13)14-12-8/h2-4H,1H3,(H,11,12,13). The average molecular weight is 227 g/mol. The van der Waals surface area contributed by atoms with Gasteiger partial charge in [0.05, 0.1) is 0 Å². The zero-order chi connectivity index (χ0) is 10.1. The molecule has 5 heteroatoms. The fourth-order valence-corrected chi connectivity index (χ4v) is 1.93. The molecule has 0 aliphatic heterocycles. The summed E-state index contributed by atoms with van der Waals surface area (Å²) in [7, 11) is 0. The Bertz CT molecular complexity index is 518. The predicted octanol–water partition coefficient (Wildman–Crippen LogP) is 2.46. The third kappa shape index (κ3) is 1.71. The first-order chi connectivity index (χ1) is 6.66. The minimum atomic E-state index is -0.144. The monoisotopic (exact) mass is 226 g/mol. The number of nitrogens with one attached hydrogen (secondary N) is 1. The molecule has 0 amide bonds. The van der Waals surface area contributed by atoms with Crippen LogP contribution in [0.2, 0.25) is 5.02 Å². The van der Waals surface area contributed by atoms with Gasteiger partial charge in [-0.05, 0) is 30.7 Å². The maximum atomic E-state index is 10.9. The van der Waals surface area contributed by atoms with E-state index in [1.807, 2.05) is 19.1 Å². The average Bonchev–Trinajstić information content (AvgIpc) is 2.51. The minimum absolute atomic E-state index is 0.144. The molecule has 0 fully saturated rings. The Hall–Kier alpha value is -1.13. The third-order valence-corrected chi connectivity index (χ3v) is 2.66. The molecule has 0 saturated heterocycles. The maximum absolute atomic E-state index is 10.9. The van der Waals surface area contributed by atoms with E-state index in [2.05, 4.69) is 9.36 Å². The van der Waals surface area contributed by atoms with E-state index in [1.54, 1.807) is 6.07 Å². The molecule has 2 rings (SSSR count). The lowest BCUT2D eigenvalue weighted by atomic mass is 10.1. The van der Waals surface area contributed by atoms with Gasteiger partial charge in [0, 0.05) is 22.1 Å². The number of H-pyrrole nitrogens is 1. The van der Waals surface area contributed by atoms with Gasteiger partial charge in [-0.2, -0.15) is 4.37 Å². The van der Waals surface area contributed by atoms with Crippen LogP contribution >= 0.6 is 23.1 Å². The van der Waals surface area contributed by atoms with Gasteiger partial charge >= 0.3 is 4.87 Å². The fourth-order valence-electron chi connectivity index (χ4n) is 1.24. The first-order valence-electron chi connectivity index (χ1n) is 3.99. The summed E-state index contributed by atoms with van der Waals surface area (Å²) in [5.74, 6) is 0.606. The molecule has 1 aromatic heterocycles. The molecule has 0 bridgehead atoms. The first-order valence-corrected chi connectivity index (χ1v) is 5.14. The predicted molar refractivity (Wildman–Crippen MR) is 57.9 cm³/mol. The molecule has 14 heavy (non-hydrogen) atoms. The molecule has 0 atom stereocenters. The van der Waals surface area contributed by atoms with E-state index in [-0.39, 0.29) is 4.87 Å². The van der Waals surface area contributed by atoms with Crippen molar-refractivity contribution in [2.24, 2.45) is 0 Å². The highest BCUT2D eigenvalue weighted by atomic mass is 35.5. The van der Waals surface area contributed by atoms with Gasteiger partial charge in [0.2, 0.25) is 0 Å². The number of hydrogen-bond acceptors (Lipinski definition) is 3. The van der Waals surface area contributed by atoms with Gasteiger partial charge < -0.3 is 0 Å². The summed E-state index contributed by atoms with van der Waals surface area (Å²) in [5, 5.41) is 0.684. The van der Waals surface area contributed by atoms with Crippen LogP contribution in [0.3, 0.4) is 0 Å². The van der Waals surface area contributed by atoms with E-state index >= 15 is 0 Å². The SMILES string of the molecule is Cc1cc(Cl)ccc1-c1nsc(=O)[nH]1. The fraction of sp³-hybridized carbons (Fsp3) is 0.111. The quantitative estimate of drug-likeness (QED) is 0.812. The summed E-state index contributed by atoms with van der Waals surface area (Å²) in [5.41, 5.74) is 1.91. The number of halogens is 1. The Morgan fingerprint density at radius 3 is 2.86 bits per heavy atom. The lowest BCUT2D eigenvalue weighted by molar-refractivity contribution is 1.27. The van der Waals surface area contributed by atoms with E-state index in [0.29, 0.717) is 10.8 Å². The van der Waals surface area contributed by atoms with Crippen molar-refractivity contribution < 1.29 is 0 Å². The summed E-state index contributed by atoms with van der Waals surface area (Å²) >= 11 is 6.74. The molecule has 0 saturated carbocycles. The van der Waals surface area contributed by atoms with Gasteiger partial charge in [-0.3, -0.25) is 9.78 Å². The molecule has 1 heterocycles. The van der Waals surface area contributed by atoms with Crippen molar-refractivity contribution in [3.05, 3.63) is 38.5 Å². The number of aromatic amines is 1. The van der Waals surface area contributed by atoms with Crippen molar-refractivity contribution in [1.29, 1.82) is 0 Å². The van der Waals surface area contributed by atoms with Crippen molar-refractivity contribution in [3.63, 3.8) is 0 Å². The van der Waals surface area contributed by atoms with Crippen molar-refractivity contribution in [2.45, 2.75) is 6.92 Å². The van der Waals surface area contributed by atoms with E-state index in [4.69, 9.17) is 11.6 Å². The summed E-state index contributed by atoms with van der Waals surface area (Å²) in [4.78, 5) is 13.4. The summed E-state index contributed by atoms with van der Waals surface area (Å²) in [6, 6.07) is 5.47. The molecule has 72 valence electrons. The summed E-state index contributed by atoms with van der Waals surface area (Å²) in [6.45, 7) is 1.93. The second kappa shape index (κ2) is 3.55. The van der Waals surface area contributed by atoms with Gasteiger partial charge in [-0.25, -0.2) is 0 Å². The highest BCUT2D eigenvalue weighted by Gasteiger charge is 2.05. The topological polar surface area (TPSA) is 45.8 Å². The Kier molecular flexibility index (Phi) is 2.39. The van der Waals surface area contributed by atoms with Crippen LogP contribution in [0.5, 0.6) is 0 Å². The molecule has 0 aliphatic carbocycles. The zero-order valence-electron chi connectivity index (χ0n) is 7.37. The lowest BCUT2D eigenvalue weighted by Gasteiger charge is -2.01. The molecule has 2 aromatic rings. The number of rotatable bonds is 1. The Labute approximate surface area is 89.5 Å². The van der Waals surface area contributed by atoms with Crippen LogP contribution in [-0.4, -0.2) is 9.36 Å². The van der Waals surface area contributed by atoms with E-state index in [0.717, 1.165) is 22.7 Å². The number of aryl methyl sites for hydroxylation is 1. The second-order valence-electron chi connectivity index (χ2n) is 2.90. The lowest BCUT2D eigenvalue weighted by Crippen LogP contribution is -1.93. The molecule has 0 radical (unpaired) electrons. The number of benzene rings is 1. The smallest absolute Gasteiger partial charge is 0.296 e. The van der Waals surface area contributed by atoms with Crippen molar-refractivity contribution >= 4 is 23.1 Å². The van der Waals surface area contributed by atoms with Gasteiger partial charge in [-0.1, -0.05) is 11.6 Å². The summed E-state index contributed by atoms with van der Waals surface area (Å²) in [6.07, 6.45) is 0. The highest BCUT2D eigenvalue weighted by Crippen LogP contribution is 2.22. The van der Waals surface area contributed by atoms with Crippen molar-refractivity contribution in [1.82, 2.24) is 9.36 Å². The highest BCUT2D eigenvalue weighted by molar-refractivity contribution is 7.03. The van der Waals surface area contributed by atoms with Gasteiger partial charge in [0.25, 0.3) is 0 Å². The molecule has 0 aliphatic rings. The van der Waals surface area contributed by atoms with Crippen LogP contribution in [-0.2, 0) is 0 Å². The van der Waals surface area contributed by atoms with Crippen LogP contribution in [0.25, 0.3) is 11.4 Å². The number of hydrogen-bond donors (Lipinski definition) is 1. The third-order valence-electron chi connectivity index (χ3n) is 1.88. The maximum Gasteiger partial charge on any atom is 0.323 e. The van der Waals surface area contributed by atoms with Crippen molar-refractivity contribution in [2.75, 3.05) is 0 Å². The Morgan fingerprint density at radius 1 is 1.50 bits per heavy atom. The van der Waals surface area contributed by atoms with Crippen LogP contribution in [0.1, 0.15) is 5.56 Å². The number of nitrogens with zero attached hydrogens (tertiary/aromatic N) is 1. The Morgan fingerprint density at radius 2 is 2.29 bits per heavy atom. The second-order valence-corrected chi connectivity index (χ2v) is 4.08. The first kappa shape index (κ1) is 9.43. The normalized spacial score (nSPS) is 10.4. The summed E-state index contributed by atoms with van der Waals surface area (Å²) < 4.78 is 4.01. The van der Waals surface area contributed by atoms with E-state index in [9.17, 15) is 4.79 Å². The molecular formula is C9H7ClN2OS. The minimum Gasteiger partial charge on any atom is -0.296 e. The van der Waals surface area contributed by atoms with Crippen LogP contribution in [0, 0.1) is 6.92 Å². The van der Waals surface area contributed by atoms with E-state index in [1.165, 1.54) is 0 Å². The van der Waals surface area contributed by atoms with Gasteiger partial charge in [0.1, 0.15) is 0 Å². The van der Waals surface area contributed by atoms with E-state index < -0.39 is 0 Å². The van der Waals surface area contributed by atoms with Crippen LogP contribution in [0.15, 0.2) is 23.0 Å². The molecule has 0 spiro atoms. The van der Waals surface area contributed by atoms with Crippen LogP contribution < -0.4 is 4.87 Å². The number of aromatic nitrogens is 2. The molecule has 0 unspecified atom stereocenters. The Balaban J connectivity index is 2.57. The zero-order valence-corrected chi connectivity index (χ0v) is 8.95. The van der Waals surface area contributed by atoms with Gasteiger partial charge in [-0.15, -0.1) is 0 Å². The molecule has 1 aromatic carbocycles. The largest absolute Gasteiger partial charge is 0.323 e. The molecule has 1 N–H and O–H groups in total. The molecule has 3 nitrogen and oxygen atoms in total. The van der Waals surface area contributed by atoms with Crippen LogP contribution in [0.4, 0.5) is 0 Å². The van der Waals surface area contributed by atoms with Crippen molar-refractivity contribution in [3.8, 4) is 11.4 Å².